The van der Waals surface area contributed by atoms with Crippen LogP contribution < -0.4 is 5.32 Å². The van der Waals surface area contributed by atoms with E-state index in [9.17, 15) is 9.59 Å². The molecule has 0 fully saturated rings. The molecular weight excluding hydrogens is 204 g/mol. The Morgan fingerprint density at radius 3 is 2.07 bits per heavy atom. The number of carboxylic acids is 1. The molecule has 15 heavy (non-hydrogen) atoms. The summed E-state index contributed by atoms with van der Waals surface area (Å²) in [5, 5.41) is 27.8. The second-order valence-electron chi connectivity index (χ2n) is 2.89. The molecule has 7 nitrogen and oxygen atoms in total. The van der Waals surface area contributed by atoms with Crippen LogP contribution >= 0.6 is 0 Å². The standard InChI is InChI=1S/C8H16N2O5/c11-3-1-10(2-4-12)6-7(13)9-5-8(14)15/h11-12H,1-6H2,(H,9,13)(H,14,15). The highest BCUT2D eigenvalue weighted by atomic mass is 16.4. The van der Waals surface area contributed by atoms with Crippen molar-refractivity contribution in [2.24, 2.45) is 0 Å². The molecule has 7 heteroatoms. The number of aliphatic hydroxyl groups is 2. The summed E-state index contributed by atoms with van der Waals surface area (Å²) >= 11 is 0. The van der Waals surface area contributed by atoms with Gasteiger partial charge in [0.25, 0.3) is 0 Å². The van der Waals surface area contributed by atoms with E-state index in [2.05, 4.69) is 5.32 Å². The fraction of sp³-hybridized carbons (Fsp3) is 0.750. The lowest BCUT2D eigenvalue weighted by atomic mass is 10.4. The van der Waals surface area contributed by atoms with Crippen molar-refractivity contribution in [2.75, 3.05) is 39.4 Å². The van der Waals surface area contributed by atoms with Crippen molar-refractivity contribution >= 4 is 11.9 Å². The van der Waals surface area contributed by atoms with Crippen LogP contribution in [0.4, 0.5) is 0 Å². The van der Waals surface area contributed by atoms with Gasteiger partial charge in [-0.15, -0.1) is 0 Å². The van der Waals surface area contributed by atoms with E-state index in [0.717, 1.165) is 0 Å². The van der Waals surface area contributed by atoms with E-state index in [1.54, 1.807) is 0 Å². The molecule has 0 saturated heterocycles. The third kappa shape index (κ3) is 7.86. The number of hydrogen-bond donors (Lipinski definition) is 4. The molecule has 0 unspecified atom stereocenters. The number of hydrogen-bond acceptors (Lipinski definition) is 5. The number of aliphatic hydroxyl groups excluding tert-OH is 2. The fourth-order valence-electron chi connectivity index (χ4n) is 0.986. The maximum Gasteiger partial charge on any atom is 0.322 e. The van der Waals surface area contributed by atoms with Crippen molar-refractivity contribution in [2.45, 2.75) is 0 Å². The van der Waals surface area contributed by atoms with Crippen molar-refractivity contribution in [1.82, 2.24) is 10.2 Å². The zero-order valence-electron chi connectivity index (χ0n) is 8.35. The summed E-state index contributed by atoms with van der Waals surface area (Å²) in [5.41, 5.74) is 0. The van der Waals surface area contributed by atoms with Crippen LogP contribution in [0, 0.1) is 0 Å². The van der Waals surface area contributed by atoms with Gasteiger partial charge in [-0.05, 0) is 0 Å². The average Bonchev–Trinajstić information content (AvgIpc) is 2.15. The smallest absolute Gasteiger partial charge is 0.322 e. The molecule has 0 aliphatic rings. The van der Waals surface area contributed by atoms with Crippen LogP contribution in [0.1, 0.15) is 0 Å². The molecule has 0 aromatic rings. The van der Waals surface area contributed by atoms with Crippen molar-refractivity contribution in [3.05, 3.63) is 0 Å². The topological polar surface area (TPSA) is 110 Å². The highest BCUT2D eigenvalue weighted by Crippen LogP contribution is 1.86. The molecule has 0 aromatic heterocycles. The summed E-state index contributed by atoms with van der Waals surface area (Å²) in [6.45, 7) is -0.167. The average molecular weight is 220 g/mol. The van der Waals surface area contributed by atoms with E-state index in [0.29, 0.717) is 0 Å². The molecule has 0 heterocycles. The number of carbonyl (C=O) groups excluding carboxylic acids is 1. The lowest BCUT2D eigenvalue weighted by molar-refractivity contribution is -0.138. The molecule has 0 rings (SSSR count). The number of nitrogens with one attached hydrogen (secondary N) is 1. The van der Waals surface area contributed by atoms with E-state index in [1.807, 2.05) is 0 Å². The Bertz CT molecular complexity index is 203. The van der Waals surface area contributed by atoms with E-state index in [4.69, 9.17) is 15.3 Å². The van der Waals surface area contributed by atoms with Gasteiger partial charge in [-0.1, -0.05) is 0 Å². The first kappa shape index (κ1) is 13.8. The summed E-state index contributed by atoms with van der Waals surface area (Å²) in [5.74, 6) is -1.56. The third-order valence-electron chi connectivity index (χ3n) is 1.64. The van der Waals surface area contributed by atoms with Crippen LogP contribution in [0.3, 0.4) is 0 Å². The van der Waals surface area contributed by atoms with Gasteiger partial charge in [0.1, 0.15) is 6.54 Å². The summed E-state index contributed by atoms with van der Waals surface area (Å²) in [6.07, 6.45) is 0. The van der Waals surface area contributed by atoms with Gasteiger partial charge in [0.15, 0.2) is 0 Å². The van der Waals surface area contributed by atoms with Crippen molar-refractivity contribution in [1.29, 1.82) is 0 Å². The Kier molecular flexibility index (Phi) is 7.51. The number of amides is 1. The lowest BCUT2D eigenvalue weighted by Gasteiger charge is -2.18. The van der Waals surface area contributed by atoms with Gasteiger partial charge in [-0.2, -0.15) is 0 Å². The first-order valence-electron chi connectivity index (χ1n) is 4.52. The molecule has 0 aliphatic heterocycles. The van der Waals surface area contributed by atoms with Gasteiger partial charge >= 0.3 is 5.97 Å². The molecule has 0 radical (unpaired) electrons. The number of carbonyl (C=O) groups is 2. The van der Waals surface area contributed by atoms with Crippen molar-refractivity contribution < 1.29 is 24.9 Å². The molecule has 4 N–H and O–H groups in total. The molecule has 0 saturated carbocycles. The second kappa shape index (κ2) is 8.16. The molecule has 1 amide bonds. The Morgan fingerprint density at radius 2 is 1.67 bits per heavy atom. The monoisotopic (exact) mass is 220 g/mol. The van der Waals surface area contributed by atoms with Crippen LogP contribution in [0.5, 0.6) is 0 Å². The van der Waals surface area contributed by atoms with E-state index in [-0.39, 0.29) is 32.8 Å². The number of nitrogens with zero attached hydrogens (tertiary/aromatic N) is 1. The molecule has 0 bridgehead atoms. The minimum Gasteiger partial charge on any atom is -0.480 e. The third-order valence-corrected chi connectivity index (χ3v) is 1.64. The predicted molar refractivity (Wildman–Crippen MR) is 51.3 cm³/mol. The largest absolute Gasteiger partial charge is 0.480 e. The van der Waals surface area contributed by atoms with Gasteiger partial charge in [-0.3, -0.25) is 14.5 Å². The Morgan fingerprint density at radius 1 is 1.13 bits per heavy atom. The molecule has 0 aliphatic carbocycles. The quantitative estimate of drug-likeness (QED) is 0.359. The van der Waals surface area contributed by atoms with Crippen LogP contribution in [-0.4, -0.2) is 71.5 Å². The summed E-state index contributed by atoms with van der Waals surface area (Å²) < 4.78 is 0. The molecule has 0 aromatic carbocycles. The fourth-order valence-corrected chi connectivity index (χ4v) is 0.986. The minimum atomic E-state index is -1.11. The molecular formula is C8H16N2O5. The minimum absolute atomic E-state index is 0.0333. The Labute approximate surface area is 87.3 Å². The number of aliphatic carboxylic acids is 1. The van der Waals surface area contributed by atoms with E-state index < -0.39 is 18.4 Å². The van der Waals surface area contributed by atoms with E-state index >= 15 is 0 Å². The van der Waals surface area contributed by atoms with Crippen molar-refractivity contribution in [3.8, 4) is 0 Å². The summed E-state index contributed by atoms with van der Waals surface area (Å²) in [4.78, 5) is 22.8. The van der Waals surface area contributed by atoms with Crippen molar-refractivity contribution in [3.63, 3.8) is 0 Å². The second-order valence-corrected chi connectivity index (χ2v) is 2.89. The first-order valence-corrected chi connectivity index (χ1v) is 4.52. The van der Waals surface area contributed by atoms with Gasteiger partial charge in [0.2, 0.25) is 5.91 Å². The first-order chi connectivity index (χ1) is 7.10. The van der Waals surface area contributed by atoms with Crippen LogP contribution in [-0.2, 0) is 9.59 Å². The van der Waals surface area contributed by atoms with Crippen LogP contribution in [0.15, 0.2) is 0 Å². The highest BCUT2D eigenvalue weighted by molar-refractivity contribution is 5.82. The van der Waals surface area contributed by atoms with Gasteiger partial charge in [-0.25, -0.2) is 0 Å². The van der Waals surface area contributed by atoms with E-state index in [1.165, 1.54) is 4.90 Å². The molecule has 0 spiro atoms. The Balaban J connectivity index is 3.82. The lowest BCUT2D eigenvalue weighted by Crippen LogP contribution is -2.41. The number of rotatable bonds is 8. The summed E-state index contributed by atoms with van der Waals surface area (Å²) in [6, 6.07) is 0. The Hall–Kier alpha value is -1.18. The zero-order chi connectivity index (χ0) is 11.7. The molecule has 0 atom stereocenters. The molecule has 88 valence electrons. The summed E-state index contributed by atoms with van der Waals surface area (Å²) in [7, 11) is 0. The normalized spacial score (nSPS) is 10.3. The SMILES string of the molecule is O=C(O)CNC(=O)CN(CCO)CCO. The zero-order valence-corrected chi connectivity index (χ0v) is 8.35. The van der Waals surface area contributed by atoms with Gasteiger partial charge < -0.3 is 20.6 Å². The van der Waals surface area contributed by atoms with Crippen LogP contribution in [0.25, 0.3) is 0 Å². The highest BCUT2D eigenvalue weighted by Gasteiger charge is 2.10. The van der Waals surface area contributed by atoms with Gasteiger partial charge in [0, 0.05) is 13.1 Å². The maximum atomic E-state index is 11.1. The number of carboxylic acid groups (broad SMARTS) is 1. The van der Waals surface area contributed by atoms with Crippen LogP contribution in [0.2, 0.25) is 0 Å². The van der Waals surface area contributed by atoms with Gasteiger partial charge in [0.05, 0.1) is 19.8 Å². The maximum absolute atomic E-state index is 11.1. The predicted octanol–water partition coefficient (Wildman–Crippen LogP) is -2.53.